The third-order valence-electron chi connectivity index (χ3n) is 5.57. The van der Waals surface area contributed by atoms with Crippen molar-refractivity contribution in [2.75, 3.05) is 0 Å². The molecule has 148 valence electrons. The van der Waals surface area contributed by atoms with Gasteiger partial charge in [0.1, 0.15) is 5.58 Å². The molecule has 6 heteroatoms. The number of benzene rings is 1. The molecule has 0 saturated heterocycles. The average molecular weight is 399 g/mol. The molecule has 0 N–H and O–H groups in total. The predicted molar refractivity (Wildman–Crippen MR) is 111 cm³/mol. The molecular weight excluding hydrogens is 372 g/mol. The maximum Gasteiger partial charge on any atom is 0.336 e. The lowest BCUT2D eigenvalue weighted by molar-refractivity contribution is 0.334. The molecular formula is C22H26N2O3S. The van der Waals surface area contributed by atoms with Gasteiger partial charge in [0, 0.05) is 23.1 Å². The first-order valence-corrected chi connectivity index (χ1v) is 11.0. The van der Waals surface area contributed by atoms with Gasteiger partial charge in [-0.05, 0) is 54.5 Å². The van der Waals surface area contributed by atoms with Crippen LogP contribution in [0.2, 0.25) is 0 Å². The summed E-state index contributed by atoms with van der Waals surface area (Å²) < 4.78 is 11.3. The Bertz CT molecular complexity index is 1030. The molecule has 0 amide bonds. The molecule has 5 nitrogen and oxygen atoms in total. The number of thioether (sulfide) groups is 1. The highest BCUT2D eigenvalue weighted by atomic mass is 32.2. The van der Waals surface area contributed by atoms with Crippen LogP contribution in [0, 0.1) is 6.92 Å². The van der Waals surface area contributed by atoms with E-state index in [0.717, 1.165) is 35.2 Å². The summed E-state index contributed by atoms with van der Waals surface area (Å²) in [5, 5.41) is 10.0. The Kier molecular flexibility index (Phi) is 5.58. The van der Waals surface area contributed by atoms with E-state index >= 15 is 0 Å². The van der Waals surface area contributed by atoms with Crippen LogP contribution in [0.5, 0.6) is 0 Å². The highest BCUT2D eigenvalue weighted by Crippen LogP contribution is 2.34. The summed E-state index contributed by atoms with van der Waals surface area (Å²) in [5.41, 5.74) is 3.66. The average Bonchev–Trinajstić information content (AvgIpc) is 3.15. The molecule has 28 heavy (non-hydrogen) atoms. The monoisotopic (exact) mass is 398 g/mol. The fourth-order valence-corrected chi connectivity index (χ4v) is 4.83. The lowest BCUT2D eigenvalue weighted by Gasteiger charge is -2.17. The van der Waals surface area contributed by atoms with Crippen molar-refractivity contribution in [1.82, 2.24) is 10.2 Å². The van der Waals surface area contributed by atoms with E-state index in [1.807, 2.05) is 6.07 Å². The first-order valence-electron chi connectivity index (χ1n) is 10.0. The first-order chi connectivity index (χ1) is 13.5. The molecule has 1 aliphatic rings. The van der Waals surface area contributed by atoms with Crippen LogP contribution < -0.4 is 5.63 Å². The van der Waals surface area contributed by atoms with Crippen LogP contribution in [0.1, 0.15) is 80.4 Å². The quantitative estimate of drug-likeness (QED) is 0.391. The second-order valence-corrected chi connectivity index (χ2v) is 8.91. The maximum absolute atomic E-state index is 12.0. The number of fused-ring (bicyclic) bond motifs is 1. The van der Waals surface area contributed by atoms with Crippen molar-refractivity contribution in [3.63, 3.8) is 0 Å². The third kappa shape index (κ3) is 4.02. The zero-order valence-electron chi connectivity index (χ0n) is 16.7. The van der Waals surface area contributed by atoms with Crippen molar-refractivity contribution < 1.29 is 8.83 Å². The van der Waals surface area contributed by atoms with Gasteiger partial charge in [0.05, 0.1) is 0 Å². The Hall–Kier alpha value is -2.08. The molecule has 1 saturated carbocycles. The predicted octanol–water partition coefficient (Wildman–Crippen LogP) is 5.95. The van der Waals surface area contributed by atoms with Gasteiger partial charge >= 0.3 is 5.63 Å². The molecule has 1 fully saturated rings. The van der Waals surface area contributed by atoms with Gasteiger partial charge in [-0.3, -0.25) is 0 Å². The third-order valence-corrected chi connectivity index (χ3v) is 6.43. The number of hydrogen-bond donors (Lipinski definition) is 0. The van der Waals surface area contributed by atoms with Crippen molar-refractivity contribution in [3.05, 3.63) is 51.2 Å². The van der Waals surface area contributed by atoms with Crippen molar-refractivity contribution in [2.45, 2.75) is 75.7 Å². The molecule has 4 rings (SSSR count). The van der Waals surface area contributed by atoms with E-state index in [4.69, 9.17) is 8.83 Å². The van der Waals surface area contributed by atoms with E-state index in [9.17, 15) is 4.79 Å². The second kappa shape index (κ2) is 8.11. The number of rotatable bonds is 5. The summed E-state index contributed by atoms with van der Waals surface area (Å²) in [7, 11) is 0. The molecule has 3 aromatic rings. The van der Waals surface area contributed by atoms with Crippen molar-refractivity contribution >= 4 is 22.7 Å². The van der Waals surface area contributed by atoms with E-state index in [1.54, 1.807) is 6.07 Å². The molecule has 0 unspecified atom stereocenters. The van der Waals surface area contributed by atoms with E-state index in [2.05, 4.69) is 37.0 Å². The topological polar surface area (TPSA) is 69.1 Å². The number of aromatic nitrogens is 2. The molecule has 1 aromatic carbocycles. The van der Waals surface area contributed by atoms with Crippen LogP contribution in [0.15, 0.2) is 37.1 Å². The van der Waals surface area contributed by atoms with E-state index in [0.29, 0.717) is 28.4 Å². The minimum Gasteiger partial charge on any atom is -0.423 e. The van der Waals surface area contributed by atoms with Crippen LogP contribution in [0.25, 0.3) is 11.0 Å². The summed E-state index contributed by atoms with van der Waals surface area (Å²) in [5.74, 6) is 2.16. The summed E-state index contributed by atoms with van der Waals surface area (Å²) >= 11 is 1.48. The molecule has 0 atom stereocenters. The Morgan fingerprint density at radius 3 is 2.64 bits per heavy atom. The lowest BCUT2D eigenvalue weighted by Crippen LogP contribution is -2.04. The number of nitrogens with zero attached hydrogens (tertiary/aromatic N) is 2. The van der Waals surface area contributed by atoms with E-state index < -0.39 is 0 Å². The Morgan fingerprint density at radius 1 is 1.11 bits per heavy atom. The van der Waals surface area contributed by atoms with Crippen molar-refractivity contribution in [3.8, 4) is 0 Å². The number of hydrogen-bond acceptors (Lipinski definition) is 6. The summed E-state index contributed by atoms with van der Waals surface area (Å²) in [6.07, 6.45) is 6.04. The normalized spacial score (nSPS) is 15.6. The van der Waals surface area contributed by atoms with Crippen molar-refractivity contribution in [1.29, 1.82) is 0 Å². The minimum atomic E-state index is -0.326. The minimum absolute atomic E-state index is 0.326. The van der Waals surface area contributed by atoms with Crippen molar-refractivity contribution in [2.24, 2.45) is 0 Å². The second-order valence-electron chi connectivity index (χ2n) is 7.98. The van der Waals surface area contributed by atoms with Gasteiger partial charge in [0.2, 0.25) is 5.89 Å². The molecule has 0 aliphatic heterocycles. The first kappa shape index (κ1) is 19.2. The fourth-order valence-electron chi connectivity index (χ4n) is 4.07. The summed E-state index contributed by atoms with van der Waals surface area (Å²) in [6, 6.07) is 5.69. The lowest BCUT2D eigenvalue weighted by atomic mass is 9.89. The van der Waals surface area contributed by atoms with E-state index in [1.165, 1.54) is 36.6 Å². The summed E-state index contributed by atoms with van der Waals surface area (Å²) in [4.78, 5) is 12.0. The van der Waals surface area contributed by atoms with Crippen LogP contribution in [0.3, 0.4) is 0 Å². The largest absolute Gasteiger partial charge is 0.423 e. The fraction of sp³-hybridized carbons (Fsp3) is 0.500. The molecule has 2 heterocycles. The van der Waals surface area contributed by atoms with Gasteiger partial charge in [-0.2, -0.15) is 0 Å². The molecule has 1 aliphatic carbocycles. The molecule has 0 bridgehead atoms. The van der Waals surface area contributed by atoms with Gasteiger partial charge in [0.15, 0.2) is 0 Å². The van der Waals surface area contributed by atoms with E-state index in [-0.39, 0.29) is 5.63 Å². The van der Waals surface area contributed by atoms with Gasteiger partial charge in [-0.25, -0.2) is 4.79 Å². The van der Waals surface area contributed by atoms with Gasteiger partial charge < -0.3 is 8.83 Å². The molecule has 0 spiro atoms. The highest BCUT2D eigenvalue weighted by molar-refractivity contribution is 7.98. The zero-order valence-corrected chi connectivity index (χ0v) is 17.5. The van der Waals surface area contributed by atoms with Crippen LogP contribution in [0.4, 0.5) is 0 Å². The Morgan fingerprint density at radius 2 is 1.89 bits per heavy atom. The van der Waals surface area contributed by atoms with Crippen LogP contribution in [-0.4, -0.2) is 10.2 Å². The standard InChI is InChI=1S/C22H26N2O3S/c1-13(2)17-11-18-16(10-20(25)26-19(18)9-14(17)3)12-28-22-24-23-21(27-22)15-7-5-4-6-8-15/h9-11,13,15H,4-8,12H2,1-3H3. The number of aryl methyl sites for hydroxylation is 1. The van der Waals surface area contributed by atoms with Gasteiger partial charge in [-0.15, -0.1) is 10.2 Å². The SMILES string of the molecule is Cc1cc2oc(=O)cc(CSc3nnc(C4CCCCC4)o3)c2cc1C(C)C. The molecule has 2 aromatic heterocycles. The van der Waals surface area contributed by atoms with Gasteiger partial charge in [-0.1, -0.05) is 44.9 Å². The highest BCUT2D eigenvalue weighted by Gasteiger charge is 2.21. The maximum atomic E-state index is 12.0. The van der Waals surface area contributed by atoms with Crippen LogP contribution in [-0.2, 0) is 5.75 Å². The smallest absolute Gasteiger partial charge is 0.336 e. The Labute approximate surface area is 168 Å². The van der Waals surface area contributed by atoms with Crippen LogP contribution >= 0.6 is 11.8 Å². The van der Waals surface area contributed by atoms with Gasteiger partial charge in [0.25, 0.3) is 5.22 Å². The molecule has 0 radical (unpaired) electrons. The summed E-state index contributed by atoms with van der Waals surface area (Å²) in [6.45, 7) is 6.40. The Balaban J connectivity index is 1.58. The zero-order chi connectivity index (χ0) is 19.7.